The highest BCUT2D eigenvalue weighted by Gasteiger charge is 2.07. The van der Waals surface area contributed by atoms with E-state index in [0.29, 0.717) is 0 Å². The Hall–Kier alpha value is -1.24. The third-order valence-corrected chi connectivity index (χ3v) is 2.40. The van der Waals surface area contributed by atoms with Crippen molar-refractivity contribution in [3.63, 3.8) is 0 Å². The predicted molar refractivity (Wildman–Crippen MR) is 65.6 cm³/mol. The third-order valence-electron chi connectivity index (χ3n) is 2.40. The Morgan fingerprint density at radius 1 is 1.33 bits per heavy atom. The van der Waals surface area contributed by atoms with Crippen LogP contribution in [0, 0.1) is 13.8 Å². The van der Waals surface area contributed by atoms with Crippen LogP contribution in [0.15, 0.2) is 24.8 Å². The lowest BCUT2D eigenvalue weighted by molar-refractivity contribution is 0.334. The fourth-order valence-corrected chi connectivity index (χ4v) is 1.84. The number of benzene rings is 1. The molecular weight excluding hydrogens is 184 g/mol. The van der Waals surface area contributed by atoms with Gasteiger partial charge in [0.25, 0.3) is 0 Å². The second kappa shape index (κ2) is 5.59. The summed E-state index contributed by atoms with van der Waals surface area (Å²) in [6, 6.07) is 4.38. The molecule has 0 atom stereocenters. The van der Waals surface area contributed by atoms with Gasteiger partial charge in [-0.2, -0.15) is 0 Å². The molecule has 0 amide bonds. The van der Waals surface area contributed by atoms with Gasteiger partial charge in [0.1, 0.15) is 5.75 Å². The smallest absolute Gasteiger partial charge is 0.125 e. The Morgan fingerprint density at radius 3 is 2.67 bits per heavy atom. The van der Waals surface area contributed by atoms with Crippen molar-refractivity contribution >= 4 is 0 Å². The van der Waals surface area contributed by atoms with Crippen molar-refractivity contribution in [2.45, 2.75) is 33.6 Å². The summed E-state index contributed by atoms with van der Waals surface area (Å²) in [6.45, 7) is 10.7. The molecule has 0 heterocycles. The van der Waals surface area contributed by atoms with Gasteiger partial charge in [-0.1, -0.05) is 23.8 Å². The molecule has 0 aliphatic carbocycles. The van der Waals surface area contributed by atoms with E-state index in [9.17, 15) is 0 Å². The van der Waals surface area contributed by atoms with Crippen molar-refractivity contribution in [1.29, 1.82) is 0 Å². The van der Waals surface area contributed by atoms with E-state index in [0.717, 1.165) is 25.2 Å². The number of rotatable bonds is 5. The van der Waals surface area contributed by atoms with Crippen molar-refractivity contribution in [3.8, 4) is 5.75 Å². The minimum atomic E-state index is 0.727. The number of hydrogen-bond acceptors (Lipinski definition) is 1. The second-order valence-corrected chi connectivity index (χ2v) is 3.83. The topological polar surface area (TPSA) is 9.23 Å². The van der Waals surface area contributed by atoms with Crippen LogP contribution in [0.25, 0.3) is 0 Å². The van der Waals surface area contributed by atoms with Crippen LogP contribution in [0.2, 0.25) is 0 Å². The van der Waals surface area contributed by atoms with Crippen molar-refractivity contribution in [2.75, 3.05) is 6.61 Å². The van der Waals surface area contributed by atoms with E-state index in [1.807, 2.05) is 13.0 Å². The lowest BCUT2D eigenvalue weighted by atomic mass is 10.0. The van der Waals surface area contributed by atoms with Crippen LogP contribution < -0.4 is 4.74 Å². The molecule has 1 aromatic carbocycles. The Balaban J connectivity index is 3.02. The number of hydrogen-bond donors (Lipinski definition) is 0. The van der Waals surface area contributed by atoms with Crippen LogP contribution in [0.4, 0.5) is 0 Å². The Bertz CT molecular complexity index is 339. The zero-order valence-electron chi connectivity index (χ0n) is 9.97. The van der Waals surface area contributed by atoms with Gasteiger partial charge in [0.15, 0.2) is 0 Å². The largest absolute Gasteiger partial charge is 0.493 e. The molecular formula is C14H20O. The van der Waals surface area contributed by atoms with Crippen molar-refractivity contribution in [3.05, 3.63) is 41.5 Å². The first kappa shape index (κ1) is 11.8. The molecule has 82 valence electrons. The molecule has 0 aliphatic rings. The van der Waals surface area contributed by atoms with E-state index >= 15 is 0 Å². The molecule has 1 aromatic rings. The third kappa shape index (κ3) is 3.12. The lowest BCUT2D eigenvalue weighted by Gasteiger charge is -2.13. The highest BCUT2D eigenvalue weighted by atomic mass is 16.5. The van der Waals surface area contributed by atoms with Crippen molar-refractivity contribution < 1.29 is 4.74 Å². The fourth-order valence-electron chi connectivity index (χ4n) is 1.84. The standard InChI is InChI=1S/C14H20O/c1-5-7-8-13-10-11(3)9-12(4)14(13)15-6-2/h5,9-10H,1,6-8H2,2-4H3. The van der Waals surface area contributed by atoms with Gasteiger partial charge in [-0.25, -0.2) is 0 Å². The minimum absolute atomic E-state index is 0.727. The highest BCUT2D eigenvalue weighted by molar-refractivity contribution is 5.44. The van der Waals surface area contributed by atoms with Gasteiger partial charge in [0.05, 0.1) is 6.61 Å². The van der Waals surface area contributed by atoms with Crippen molar-refractivity contribution in [2.24, 2.45) is 0 Å². The first-order valence-corrected chi connectivity index (χ1v) is 5.52. The maximum Gasteiger partial charge on any atom is 0.125 e. The number of aryl methyl sites for hydroxylation is 3. The van der Waals surface area contributed by atoms with E-state index in [1.165, 1.54) is 16.7 Å². The zero-order valence-corrected chi connectivity index (χ0v) is 9.97. The summed E-state index contributed by atoms with van der Waals surface area (Å²) in [5.41, 5.74) is 3.83. The number of ether oxygens (including phenoxy) is 1. The van der Waals surface area contributed by atoms with Crippen LogP contribution in [-0.2, 0) is 6.42 Å². The summed E-state index contributed by atoms with van der Waals surface area (Å²) >= 11 is 0. The molecule has 1 rings (SSSR count). The van der Waals surface area contributed by atoms with Gasteiger partial charge in [-0.15, -0.1) is 6.58 Å². The van der Waals surface area contributed by atoms with Gasteiger partial charge >= 0.3 is 0 Å². The SMILES string of the molecule is C=CCCc1cc(C)cc(C)c1OCC. The molecule has 0 bridgehead atoms. The quantitative estimate of drug-likeness (QED) is 0.662. The summed E-state index contributed by atoms with van der Waals surface area (Å²) in [4.78, 5) is 0. The van der Waals surface area contributed by atoms with E-state index < -0.39 is 0 Å². The molecule has 0 radical (unpaired) electrons. The van der Waals surface area contributed by atoms with Crippen LogP contribution in [0.5, 0.6) is 5.75 Å². The summed E-state index contributed by atoms with van der Waals surface area (Å²) in [5, 5.41) is 0. The first-order valence-electron chi connectivity index (χ1n) is 5.52. The Morgan fingerprint density at radius 2 is 2.07 bits per heavy atom. The molecule has 0 aliphatic heterocycles. The molecule has 0 saturated heterocycles. The Labute approximate surface area is 92.8 Å². The first-order chi connectivity index (χ1) is 7.19. The summed E-state index contributed by atoms with van der Waals surface area (Å²) < 4.78 is 5.69. The van der Waals surface area contributed by atoms with Gasteiger partial charge in [-0.3, -0.25) is 0 Å². The van der Waals surface area contributed by atoms with Gasteiger partial charge < -0.3 is 4.74 Å². The summed E-state index contributed by atoms with van der Waals surface area (Å²) in [6.07, 6.45) is 3.97. The lowest BCUT2D eigenvalue weighted by Crippen LogP contribution is -2.00. The summed E-state index contributed by atoms with van der Waals surface area (Å²) in [5.74, 6) is 1.06. The second-order valence-electron chi connectivity index (χ2n) is 3.83. The van der Waals surface area contributed by atoms with E-state index in [2.05, 4.69) is 32.6 Å². The maximum atomic E-state index is 5.69. The molecule has 1 nitrogen and oxygen atoms in total. The van der Waals surface area contributed by atoms with Gasteiger partial charge in [0, 0.05) is 0 Å². The van der Waals surface area contributed by atoms with Crippen molar-refractivity contribution in [1.82, 2.24) is 0 Å². The molecule has 0 spiro atoms. The molecule has 0 unspecified atom stereocenters. The molecule has 0 N–H and O–H groups in total. The van der Waals surface area contributed by atoms with Crippen LogP contribution in [-0.4, -0.2) is 6.61 Å². The molecule has 0 saturated carbocycles. The predicted octanol–water partition coefficient (Wildman–Crippen LogP) is 3.82. The maximum absolute atomic E-state index is 5.69. The average molecular weight is 204 g/mol. The van der Waals surface area contributed by atoms with Gasteiger partial charge in [0.2, 0.25) is 0 Å². The minimum Gasteiger partial charge on any atom is -0.493 e. The molecule has 0 fully saturated rings. The molecule has 0 aromatic heterocycles. The van der Waals surface area contributed by atoms with Crippen LogP contribution in [0.1, 0.15) is 30.0 Å². The molecule has 15 heavy (non-hydrogen) atoms. The van der Waals surface area contributed by atoms with E-state index in [1.54, 1.807) is 0 Å². The van der Waals surface area contributed by atoms with Gasteiger partial charge in [-0.05, 0) is 44.7 Å². The monoisotopic (exact) mass is 204 g/mol. The summed E-state index contributed by atoms with van der Waals surface area (Å²) in [7, 11) is 0. The van der Waals surface area contributed by atoms with Crippen LogP contribution in [0.3, 0.4) is 0 Å². The normalized spacial score (nSPS) is 10.1. The van der Waals surface area contributed by atoms with E-state index in [-0.39, 0.29) is 0 Å². The Kier molecular flexibility index (Phi) is 4.41. The van der Waals surface area contributed by atoms with E-state index in [4.69, 9.17) is 4.74 Å². The zero-order chi connectivity index (χ0) is 11.3. The molecule has 1 heteroatoms. The highest BCUT2D eigenvalue weighted by Crippen LogP contribution is 2.26. The fraction of sp³-hybridized carbons (Fsp3) is 0.429. The van der Waals surface area contributed by atoms with Crippen LogP contribution >= 0.6 is 0 Å². The average Bonchev–Trinajstić information content (AvgIpc) is 2.19. The number of allylic oxidation sites excluding steroid dienone is 1.